The average Bonchev–Trinajstić information content (AvgIpc) is 2.64. The summed E-state index contributed by atoms with van der Waals surface area (Å²) in [6, 6.07) is 2.17. The first-order valence-corrected chi connectivity index (χ1v) is 5.15. The first kappa shape index (κ1) is 11.1. The number of furan rings is 1. The zero-order valence-corrected chi connectivity index (χ0v) is 9.18. The zero-order valence-electron chi connectivity index (χ0n) is 9.18. The summed E-state index contributed by atoms with van der Waals surface area (Å²) in [5.74, 6) is -0.536. The van der Waals surface area contributed by atoms with Crippen molar-refractivity contribution < 1.29 is 13.2 Å². The van der Waals surface area contributed by atoms with Gasteiger partial charge in [0.05, 0.1) is 11.9 Å². The van der Waals surface area contributed by atoms with Crippen LogP contribution in [0.1, 0.15) is 31.1 Å². The highest BCUT2D eigenvalue weighted by Gasteiger charge is 2.21. The van der Waals surface area contributed by atoms with Crippen LogP contribution in [0, 0.1) is 11.6 Å². The Bertz CT molecular complexity index is 531. The van der Waals surface area contributed by atoms with E-state index in [9.17, 15) is 8.78 Å². The minimum absolute atomic E-state index is 0.0378. The maximum atomic E-state index is 13.7. The number of hydrogen-bond donors (Lipinski definition) is 1. The molecule has 2 aromatic rings. The third-order valence-corrected chi connectivity index (χ3v) is 2.62. The van der Waals surface area contributed by atoms with Crippen molar-refractivity contribution >= 4 is 11.0 Å². The van der Waals surface area contributed by atoms with Crippen LogP contribution in [0.5, 0.6) is 0 Å². The van der Waals surface area contributed by atoms with E-state index in [1.807, 2.05) is 13.8 Å². The largest absolute Gasteiger partial charge is 0.456 e. The minimum Gasteiger partial charge on any atom is -0.456 e. The van der Waals surface area contributed by atoms with Gasteiger partial charge in [0.2, 0.25) is 0 Å². The molecular weight excluding hydrogens is 212 g/mol. The van der Waals surface area contributed by atoms with Crippen LogP contribution in [-0.4, -0.2) is 0 Å². The molecule has 0 amide bonds. The summed E-state index contributed by atoms with van der Waals surface area (Å²) in [6.45, 7) is 3.93. The van der Waals surface area contributed by atoms with Crippen LogP contribution in [-0.2, 0) is 6.54 Å². The Balaban J connectivity index is 2.89. The normalized spacial score (nSPS) is 11.6. The fourth-order valence-corrected chi connectivity index (χ4v) is 1.96. The average molecular weight is 225 g/mol. The van der Waals surface area contributed by atoms with E-state index in [0.29, 0.717) is 11.3 Å². The van der Waals surface area contributed by atoms with E-state index < -0.39 is 11.6 Å². The summed E-state index contributed by atoms with van der Waals surface area (Å²) in [5.41, 5.74) is 6.14. The molecule has 1 aromatic heterocycles. The number of nitrogens with two attached hydrogens (primary N) is 1. The van der Waals surface area contributed by atoms with Crippen molar-refractivity contribution in [3.63, 3.8) is 0 Å². The van der Waals surface area contributed by atoms with Crippen LogP contribution < -0.4 is 5.73 Å². The minimum atomic E-state index is -0.557. The highest BCUT2D eigenvalue weighted by Crippen LogP contribution is 2.34. The van der Waals surface area contributed by atoms with Crippen molar-refractivity contribution in [3.8, 4) is 0 Å². The van der Waals surface area contributed by atoms with E-state index >= 15 is 0 Å². The molecule has 2 nitrogen and oxygen atoms in total. The Morgan fingerprint density at radius 2 is 1.88 bits per heavy atom. The molecule has 0 aliphatic carbocycles. The highest BCUT2D eigenvalue weighted by molar-refractivity contribution is 5.84. The molecule has 0 saturated heterocycles. The Hall–Kier alpha value is -1.42. The Morgan fingerprint density at radius 3 is 2.44 bits per heavy atom. The fraction of sp³-hybridized carbons (Fsp3) is 0.333. The molecule has 0 aliphatic heterocycles. The quantitative estimate of drug-likeness (QED) is 0.851. The van der Waals surface area contributed by atoms with Crippen LogP contribution in [0.15, 0.2) is 16.5 Å². The molecule has 0 fully saturated rings. The molecule has 16 heavy (non-hydrogen) atoms. The van der Waals surface area contributed by atoms with Crippen LogP contribution >= 0.6 is 0 Å². The Labute approximate surface area is 92.0 Å². The first-order valence-electron chi connectivity index (χ1n) is 5.15. The molecule has 1 aromatic carbocycles. The van der Waals surface area contributed by atoms with Crippen LogP contribution in [0.4, 0.5) is 8.78 Å². The zero-order chi connectivity index (χ0) is 11.9. The molecule has 0 saturated carbocycles. The second kappa shape index (κ2) is 3.87. The molecule has 2 N–H and O–H groups in total. The van der Waals surface area contributed by atoms with Gasteiger partial charge < -0.3 is 10.2 Å². The summed E-state index contributed by atoms with van der Waals surface area (Å²) < 4.78 is 32.4. The summed E-state index contributed by atoms with van der Waals surface area (Å²) in [6.07, 6.45) is 0. The van der Waals surface area contributed by atoms with Gasteiger partial charge in [-0.05, 0) is 18.1 Å². The van der Waals surface area contributed by atoms with Crippen LogP contribution in [0.25, 0.3) is 11.0 Å². The fourth-order valence-electron chi connectivity index (χ4n) is 1.96. The first-order chi connectivity index (χ1) is 7.56. The highest BCUT2D eigenvalue weighted by atomic mass is 19.1. The van der Waals surface area contributed by atoms with Gasteiger partial charge in [0.25, 0.3) is 0 Å². The molecular formula is C12H13F2NO. The lowest BCUT2D eigenvalue weighted by Gasteiger charge is -2.04. The van der Waals surface area contributed by atoms with E-state index in [2.05, 4.69) is 0 Å². The van der Waals surface area contributed by atoms with Gasteiger partial charge in [-0.1, -0.05) is 13.8 Å². The van der Waals surface area contributed by atoms with E-state index in [-0.39, 0.29) is 23.4 Å². The SMILES string of the molecule is CC(C)c1c(CN)oc2c(F)ccc(F)c12. The topological polar surface area (TPSA) is 39.2 Å². The van der Waals surface area contributed by atoms with Crippen molar-refractivity contribution in [2.45, 2.75) is 26.3 Å². The second-order valence-electron chi connectivity index (χ2n) is 4.03. The van der Waals surface area contributed by atoms with E-state index in [4.69, 9.17) is 10.2 Å². The number of rotatable bonds is 2. The monoisotopic (exact) mass is 225 g/mol. The van der Waals surface area contributed by atoms with Crippen LogP contribution in [0.3, 0.4) is 0 Å². The molecule has 0 unspecified atom stereocenters. The van der Waals surface area contributed by atoms with Gasteiger partial charge >= 0.3 is 0 Å². The standard InChI is InChI=1S/C12H13F2NO/c1-6(2)10-9(5-15)16-12-8(14)4-3-7(13)11(10)12/h3-4,6H,5,15H2,1-2H3. The Kier molecular flexibility index (Phi) is 2.68. The van der Waals surface area contributed by atoms with Gasteiger partial charge in [-0.15, -0.1) is 0 Å². The van der Waals surface area contributed by atoms with E-state index in [1.54, 1.807) is 0 Å². The number of halogens is 2. The molecule has 0 aliphatic rings. The lowest BCUT2D eigenvalue weighted by Crippen LogP contribution is -2.00. The molecule has 86 valence electrons. The second-order valence-corrected chi connectivity index (χ2v) is 4.03. The third kappa shape index (κ3) is 1.50. The molecule has 4 heteroatoms. The van der Waals surface area contributed by atoms with Crippen molar-refractivity contribution in [1.82, 2.24) is 0 Å². The molecule has 1 heterocycles. The Morgan fingerprint density at radius 1 is 1.25 bits per heavy atom. The predicted molar refractivity (Wildman–Crippen MR) is 58.1 cm³/mol. The predicted octanol–water partition coefficient (Wildman–Crippen LogP) is 3.29. The van der Waals surface area contributed by atoms with Gasteiger partial charge in [0.1, 0.15) is 11.6 Å². The lowest BCUT2D eigenvalue weighted by molar-refractivity contribution is 0.513. The summed E-state index contributed by atoms with van der Waals surface area (Å²) in [5, 5.41) is 0.218. The molecule has 0 radical (unpaired) electrons. The van der Waals surface area contributed by atoms with E-state index in [1.165, 1.54) is 0 Å². The molecule has 0 spiro atoms. The van der Waals surface area contributed by atoms with Gasteiger partial charge in [-0.2, -0.15) is 0 Å². The molecule has 2 rings (SSSR count). The van der Waals surface area contributed by atoms with Crippen molar-refractivity contribution in [3.05, 3.63) is 35.1 Å². The van der Waals surface area contributed by atoms with Gasteiger partial charge in [-0.3, -0.25) is 0 Å². The van der Waals surface area contributed by atoms with Crippen molar-refractivity contribution in [1.29, 1.82) is 0 Å². The van der Waals surface area contributed by atoms with Crippen molar-refractivity contribution in [2.75, 3.05) is 0 Å². The molecule has 0 atom stereocenters. The summed E-state index contributed by atoms with van der Waals surface area (Å²) in [7, 11) is 0. The number of hydrogen-bond acceptors (Lipinski definition) is 2. The van der Waals surface area contributed by atoms with Gasteiger partial charge in [0, 0.05) is 5.56 Å². The maximum Gasteiger partial charge on any atom is 0.173 e. The number of benzene rings is 1. The van der Waals surface area contributed by atoms with Gasteiger partial charge in [0.15, 0.2) is 11.4 Å². The number of fused-ring (bicyclic) bond motifs is 1. The summed E-state index contributed by atoms with van der Waals surface area (Å²) >= 11 is 0. The smallest absolute Gasteiger partial charge is 0.173 e. The lowest BCUT2D eigenvalue weighted by atomic mass is 9.99. The van der Waals surface area contributed by atoms with Crippen molar-refractivity contribution in [2.24, 2.45) is 5.73 Å². The van der Waals surface area contributed by atoms with E-state index in [0.717, 1.165) is 12.1 Å². The summed E-state index contributed by atoms with van der Waals surface area (Å²) in [4.78, 5) is 0. The third-order valence-electron chi connectivity index (χ3n) is 2.62. The van der Waals surface area contributed by atoms with Gasteiger partial charge in [-0.25, -0.2) is 8.78 Å². The molecule has 0 bridgehead atoms. The maximum absolute atomic E-state index is 13.7. The van der Waals surface area contributed by atoms with Crippen LogP contribution in [0.2, 0.25) is 0 Å².